The van der Waals surface area contributed by atoms with E-state index in [1.807, 2.05) is 6.92 Å². The second kappa shape index (κ2) is 5.95. The van der Waals surface area contributed by atoms with E-state index in [1.165, 1.54) is 0 Å². The molecule has 0 bridgehead atoms. The highest BCUT2D eigenvalue weighted by molar-refractivity contribution is 6.00. The molecular weight excluding hydrogens is 236 g/mol. The quantitative estimate of drug-likeness (QED) is 0.461. The molecule has 1 rings (SSSR count). The zero-order chi connectivity index (χ0) is 13.7. The third-order valence-electron chi connectivity index (χ3n) is 2.10. The zero-order valence-electron chi connectivity index (χ0n) is 10.4. The van der Waals surface area contributed by atoms with Gasteiger partial charge in [-0.2, -0.15) is 0 Å². The van der Waals surface area contributed by atoms with Crippen molar-refractivity contribution in [3.63, 3.8) is 0 Å². The van der Waals surface area contributed by atoms with Crippen LogP contribution in [0.5, 0.6) is 0 Å². The van der Waals surface area contributed by atoms with Gasteiger partial charge in [0.15, 0.2) is 0 Å². The van der Waals surface area contributed by atoms with Crippen LogP contribution < -0.4 is 0 Å². The highest BCUT2D eigenvalue weighted by atomic mass is 16.7. The van der Waals surface area contributed by atoms with Gasteiger partial charge in [-0.15, -0.1) is 0 Å². The summed E-state index contributed by atoms with van der Waals surface area (Å²) in [6.45, 7) is 4.15. The summed E-state index contributed by atoms with van der Waals surface area (Å²) in [6, 6.07) is 6.65. The van der Waals surface area contributed by atoms with Gasteiger partial charge in [0.25, 0.3) is 0 Å². The fourth-order valence-electron chi connectivity index (χ4n) is 1.29. The van der Waals surface area contributed by atoms with Crippen molar-refractivity contribution < 1.29 is 23.9 Å². The number of carbonyl (C=O) groups is 3. The Kier molecular flexibility index (Phi) is 4.59. The number of esters is 2. The number of rotatable bonds is 4. The van der Waals surface area contributed by atoms with Crippen molar-refractivity contribution in [2.45, 2.75) is 27.1 Å². The molecule has 0 amide bonds. The van der Waals surface area contributed by atoms with Crippen LogP contribution in [0.2, 0.25) is 0 Å². The van der Waals surface area contributed by atoms with Crippen molar-refractivity contribution in [1.82, 2.24) is 0 Å². The standard InChI is InChI=1S/C13H14O5/c1-8-4-6-11(7-5-8)12(16)13(17-9(2)14)18-10(3)15/h4-7,13H,1-3H3. The smallest absolute Gasteiger partial charge is 0.310 e. The maximum atomic E-state index is 12.0. The van der Waals surface area contributed by atoms with Gasteiger partial charge < -0.3 is 9.47 Å². The van der Waals surface area contributed by atoms with E-state index in [9.17, 15) is 14.4 Å². The van der Waals surface area contributed by atoms with E-state index in [2.05, 4.69) is 9.47 Å². The number of Topliss-reactive ketones (excluding diaryl/α,β-unsaturated/α-hetero) is 1. The number of benzene rings is 1. The molecule has 5 nitrogen and oxygen atoms in total. The molecule has 0 aliphatic rings. The van der Waals surface area contributed by atoms with Crippen LogP contribution >= 0.6 is 0 Å². The van der Waals surface area contributed by atoms with E-state index >= 15 is 0 Å². The topological polar surface area (TPSA) is 69.7 Å². The molecule has 0 saturated carbocycles. The summed E-state index contributed by atoms with van der Waals surface area (Å²) in [5.74, 6) is -1.95. The minimum atomic E-state index is -1.53. The molecule has 0 spiro atoms. The lowest BCUT2D eigenvalue weighted by Crippen LogP contribution is -2.31. The van der Waals surface area contributed by atoms with Crippen LogP contribution in [0.4, 0.5) is 0 Å². The summed E-state index contributed by atoms with van der Waals surface area (Å²) in [5, 5.41) is 0. The lowest BCUT2D eigenvalue weighted by atomic mass is 10.1. The minimum absolute atomic E-state index is 0.313. The molecule has 18 heavy (non-hydrogen) atoms. The first-order valence-electron chi connectivity index (χ1n) is 5.35. The molecule has 0 aliphatic heterocycles. The van der Waals surface area contributed by atoms with Crippen molar-refractivity contribution in [2.24, 2.45) is 0 Å². The Balaban J connectivity index is 2.90. The van der Waals surface area contributed by atoms with Crippen LogP contribution in [0.25, 0.3) is 0 Å². The predicted octanol–water partition coefficient (Wildman–Crippen LogP) is 1.63. The molecule has 0 radical (unpaired) electrons. The normalized spacial score (nSPS) is 10.0. The summed E-state index contributed by atoms with van der Waals surface area (Å²) in [7, 11) is 0. The average molecular weight is 250 g/mol. The minimum Gasteiger partial charge on any atom is -0.417 e. The Hall–Kier alpha value is -2.17. The van der Waals surface area contributed by atoms with E-state index < -0.39 is 24.0 Å². The zero-order valence-corrected chi connectivity index (χ0v) is 10.4. The largest absolute Gasteiger partial charge is 0.417 e. The second-order valence-corrected chi connectivity index (χ2v) is 3.78. The Morgan fingerprint density at radius 2 is 1.39 bits per heavy atom. The van der Waals surface area contributed by atoms with Crippen LogP contribution in [0, 0.1) is 6.92 Å². The molecule has 0 atom stereocenters. The number of carbonyl (C=O) groups excluding carboxylic acids is 3. The monoisotopic (exact) mass is 250 g/mol. The third-order valence-corrected chi connectivity index (χ3v) is 2.10. The Morgan fingerprint density at radius 3 is 1.78 bits per heavy atom. The first-order valence-corrected chi connectivity index (χ1v) is 5.35. The van der Waals surface area contributed by atoms with E-state index in [0.717, 1.165) is 19.4 Å². The number of aryl methyl sites for hydroxylation is 1. The maximum absolute atomic E-state index is 12.0. The van der Waals surface area contributed by atoms with Crippen molar-refractivity contribution in [3.05, 3.63) is 35.4 Å². The molecule has 1 aromatic rings. The summed E-state index contributed by atoms with van der Waals surface area (Å²) < 4.78 is 9.35. The van der Waals surface area contributed by atoms with E-state index in [0.29, 0.717) is 5.56 Å². The highest BCUT2D eigenvalue weighted by Gasteiger charge is 2.25. The molecule has 5 heteroatoms. The van der Waals surface area contributed by atoms with Gasteiger partial charge in [0.05, 0.1) is 0 Å². The summed E-state index contributed by atoms with van der Waals surface area (Å²) in [4.78, 5) is 33.7. The lowest BCUT2D eigenvalue weighted by Gasteiger charge is -2.15. The lowest BCUT2D eigenvalue weighted by molar-refractivity contribution is -0.176. The Morgan fingerprint density at radius 1 is 0.944 bits per heavy atom. The molecule has 0 aromatic heterocycles. The molecular formula is C13H14O5. The number of hydrogen-bond acceptors (Lipinski definition) is 5. The van der Waals surface area contributed by atoms with Gasteiger partial charge in [-0.05, 0) is 6.92 Å². The fourth-order valence-corrected chi connectivity index (χ4v) is 1.29. The van der Waals surface area contributed by atoms with Gasteiger partial charge in [-0.3, -0.25) is 14.4 Å². The first-order chi connectivity index (χ1) is 8.40. The van der Waals surface area contributed by atoms with Crippen LogP contribution in [-0.2, 0) is 19.1 Å². The third kappa shape index (κ3) is 4.01. The molecule has 96 valence electrons. The van der Waals surface area contributed by atoms with Gasteiger partial charge in [0.1, 0.15) is 0 Å². The summed E-state index contributed by atoms with van der Waals surface area (Å²) in [5.41, 5.74) is 1.30. The molecule has 0 unspecified atom stereocenters. The molecule has 0 saturated heterocycles. The average Bonchev–Trinajstić information content (AvgIpc) is 2.27. The second-order valence-electron chi connectivity index (χ2n) is 3.78. The van der Waals surface area contributed by atoms with E-state index in [1.54, 1.807) is 24.3 Å². The summed E-state index contributed by atoms with van der Waals surface area (Å²) in [6.07, 6.45) is -1.53. The van der Waals surface area contributed by atoms with Crippen LogP contribution in [0.15, 0.2) is 24.3 Å². The van der Waals surface area contributed by atoms with Gasteiger partial charge >= 0.3 is 18.2 Å². The Bertz CT molecular complexity index is 445. The first kappa shape index (κ1) is 13.9. The number of ether oxygens (including phenoxy) is 2. The molecule has 0 fully saturated rings. The van der Waals surface area contributed by atoms with Crippen LogP contribution in [0.1, 0.15) is 29.8 Å². The van der Waals surface area contributed by atoms with Gasteiger partial charge in [-0.1, -0.05) is 29.8 Å². The molecule has 1 aromatic carbocycles. The van der Waals surface area contributed by atoms with E-state index in [-0.39, 0.29) is 0 Å². The maximum Gasteiger partial charge on any atom is 0.310 e. The van der Waals surface area contributed by atoms with Gasteiger partial charge in [-0.25, -0.2) is 0 Å². The SMILES string of the molecule is CC(=O)OC(OC(C)=O)C(=O)c1ccc(C)cc1. The van der Waals surface area contributed by atoms with Crippen LogP contribution in [-0.4, -0.2) is 24.0 Å². The van der Waals surface area contributed by atoms with Crippen molar-refractivity contribution in [2.75, 3.05) is 0 Å². The van der Waals surface area contributed by atoms with Gasteiger partial charge in [0, 0.05) is 19.4 Å². The summed E-state index contributed by atoms with van der Waals surface area (Å²) >= 11 is 0. The molecule has 0 aliphatic carbocycles. The van der Waals surface area contributed by atoms with E-state index in [4.69, 9.17) is 0 Å². The highest BCUT2D eigenvalue weighted by Crippen LogP contribution is 2.10. The Labute approximate surface area is 105 Å². The predicted molar refractivity (Wildman–Crippen MR) is 62.8 cm³/mol. The van der Waals surface area contributed by atoms with Gasteiger partial charge in [0.2, 0.25) is 5.78 Å². The fraction of sp³-hybridized carbons (Fsp3) is 0.308. The van der Waals surface area contributed by atoms with Crippen molar-refractivity contribution in [1.29, 1.82) is 0 Å². The van der Waals surface area contributed by atoms with Crippen molar-refractivity contribution >= 4 is 17.7 Å². The molecule has 0 heterocycles. The number of ketones is 1. The van der Waals surface area contributed by atoms with Crippen LogP contribution in [0.3, 0.4) is 0 Å². The number of hydrogen-bond donors (Lipinski definition) is 0. The molecule has 0 N–H and O–H groups in total. The van der Waals surface area contributed by atoms with Crippen molar-refractivity contribution in [3.8, 4) is 0 Å².